The Hall–Kier alpha value is -8.39. The van der Waals surface area contributed by atoms with Gasteiger partial charge in [-0.25, -0.2) is 14.8 Å². The minimum atomic E-state index is -0.832. The fraction of sp³-hybridized carbons (Fsp3) is 0.0741. The first kappa shape index (κ1) is 46.6. The van der Waals surface area contributed by atoms with Gasteiger partial charge in [0.2, 0.25) is 5.70 Å². The molecule has 0 amide bonds. The van der Waals surface area contributed by atoms with E-state index in [1.807, 2.05) is 146 Å². The van der Waals surface area contributed by atoms with E-state index in [0.717, 1.165) is 70.0 Å². The number of aliphatic hydroxyl groups excluding tert-OH is 1. The van der Waals surface area contributed by atoms with Crippen LogP contribution in [0, 0.1) is 6.42 Å². The maximum Gasteiger partial charge on any atom is 3.00 e. The summed E-state index contributed by atoms with van der Waals surface area (Å²) in [5.74, 6) is -3.08. The predicted octanol–water partition coefficient (Wildman–Crippen LogP) is 10.3. The van der Waals surface area contributed by atoms with Crippen molar-refractivity contribution in [2.24, 2.45) is 0 Å². The first-order valence-corrected chi connectivity index (χ1v) is 20.6. The van der Waals surface area contributed by atoms with E-state index in [1.54, 1.807) is 11.0 Å². The molecule has 0 aliphatic carbocycles. The molecular formula is C54H41CoN4O8+. The Labute approximate surface area is 396 Å². The van der Waals surface area contributed by atoms with E-state index in [4.69, 9.17) is 24.4 Å². The molecule has 13 heteroatoms. The number of carbonyl (C=O) groups excluding carboxylic acids is 3. The van der Waals surface area contributed by atoms with E-state index in [-0.39, 0.29) is 22.5 Å². The molecule has 1 N–H and O–H groups in total. The summed E-state index contributed by atoms with van der Waals surface area (Å²) in [4.78, 5) is 50.2. The number of benzene rings is 4. The number of aliphatic hydroxyl groups is 1. The van der Waals surface area contributed by atoms with Gasteiger partial charge in [-0.3, -0.25) is 20.6 Å². The Morgan fingerprint density at radius 1 is 0.478 bits per heavy atom. The second kappa shape index (κ2) is 21.1. The van der Waals surface area contributed by atoms with Crippen LogP contribution in [0.25, 0.3) is 96.6 Å². The van der Waals surface area contributed by atoms with Gasteiger partial charge in [-0.05, 0) is 69.8 Å². The van der Waals surface area contributed by atoms with Crippen molar-refractivity contribution >= 4 is 70.0 Å². The van der Waals surface area contributed by atoms with Gasteiger partial charge < -0.3 is 29.0 Å². The molecule has 0 saturated carbocycles. The van der Waals surface area contributed by atoms with Gasteiger partial charge in [-0.2, -0.15) is 0 Å². The number of aromatic nitrogens is 4. The van der Waals surface area contributed by atoms with Crippen LogP contribution in [0.4, 0.5) is 0 Å². The normalized spacial score (nSPS) is 11.5. The summed E-state index contributed by atoms with van der Waals surface area (Å²) in [6, 6.07) is 47.9. The van der Waals surface area contributed by atoms with Crippen molar-refractivity contribution in [3.63, 3.8) is 0 Å². The van der Waals surface area contributed by atoms with Crippen LogP contribution >= 0.6 is 0 Å². The van der Waals surface area contributed by atoms with Gasteiger partial charge >= 0.3 is 28.7 Å². The SMILES string of the molecule is COC(=O)/[13C](=C(/O)OC)n1c2ccc1c(-c1ccccc1)c1nc(c(-c3ccccc3)c3ccc([n-]3)c(-c3ccccc3)c3nc(c2-c2ccccc2)C=C3)C=C1.COC(=O)[13C-]C(=O)OC.[Co+3]. The van der Waals surface area contributed by atoms with Gasteiger partial charge in [0.1, 0.15) is 0 Å². The van der Waals surface area contributed by atoms with E-state index in [2.05, 4.69) is 33.7 Å². The van der Waals surface area contributed by atoms with E-state index >= 15 is 0 Å². The molecular weight excluding hydrogens is 894 g/mol. The van der Waals surface area contributed by atoms with Crippen LogP contribution in [0.5, 0.6) is 0 Å². The van der Waals surface area contributed by atoms with Crippen molar-refractivity contribution < 1.29 is 55.2 Å². The smallest absolute Gasteiger partial charge is 0.657 e. The van der Waals surface area contributed by atoms with Crippen LogP contribution in [0.1, 0.15) is 22.8 Å². The number of carbonyl (C=O) groups is 3. The van der Waals surface area contributed by atoms with Gasteiger partial charge in [-0.15, -0.1) is 11.0 Å². The second-order valence-electron chi connectivity index (χ2n) is 14.5. The third-order valence-electron chi connectivity index (χ3n) is 10.7. The van der Waals surface area contributed by atoms with Gasteiger partial charge in [0.05, 0.1) is 62.2 Å². The fourth-order valence-electron chi connectivity index (χ4n) is 7.77. The second-order valence-corrected chi connectivity index (χ2v) is 14.5. The molecule has 7 aromatic rings. The molecule has 4 aromatic carbocycles. The largest absolute Gasteiger partial charge is 3.00 e. The predicted molar refractivity (Wildman–Crippen MR) is 255 cm³/mol. The molecule has 8 bridgehead atoms. The number of hydrogen-bond acceptors (Lipinski definition) is 10. The molecule has 9 rings (SSSR count). The number of fused-ring (bicyclic) bond motifs is 8. The molecule has 0 spiro atoms. The summed E-state index contributed by atoms with van der Waals surface area (Å²) >= 11 is 0. The minimum absolute atomic E-state index is 0. The number of hydrogen-bond donors (Lipinski definition) is 1. The molecule has 2 aliphatic heterocycles. The first-order chi connectivity index (χ1) is 32.2. The number of nitrogens with zero attached hydrogens (tertiary/aromatic N) is 4. The van der Waals surface area contributed by atoms with Crippen molar-refractivity contribution in [1.29, 1.82) is 0 Å². The van der Waals surface area contributed by atoms with Crippen LogP contribution < -0.4 is 4.98 Å². The standard InChI is InChI=1S/C49H36N4O4.C5H6O4.Co/c1-56-48(54)47(49(55)57-2)53-41-29-30-42(53)46(34-21-13-6-14-22-34)40-28-26-38(52-40)44(32-17-9-4-10-18-32)36-24-23-35(50-36)43(31-15-7-3-8-16-31)37-25-27-39(51-37)45(41)33-19-11-5-12-20-33;1-8-4(6)3-5(7)9-2;/h3-30H,1-2H3,(H2,50,51,52,54,55);1-2H3;/q;-1;+3/p-1/i47+1;3+1;. The summed E-state index contributed by atoms with van der Waals surface area (Å²) in [7, 11) is 4.89. The minimum Gasteiger partial charge on any atom is -0.657 e. The Morgan fingerprint density at radius 3 is 1.15 bits per heavy atom. The van der Waals surface area contributed by atoms with Crippen LogP contribution in [0.3, 0.4) is 0 Å². The molecule has 2 aliphatic rings. The zero-order chi connectivity index (χ0) is 46.2. The average Bonchev–Trinajstić information content (AvgIpc) is 4.21. The van der Waals surface area contributed by atoms with Crippen LogP contribution in [0.2, 0.25) is 0 Å². The van der Waals surface area contributed by atoms with Crippen LogP contribution in [-0.4, -0.2) is 66.0 Å². The Morgan fingerprint density at radius 2 is 0.821 bits per heavy atom. The number of methoxy groups -OCH3 is 4. The van der Waals surface area contributed by atoms with E-state index < -0.39 is 23.9 Å². The molecule has 12 nitrogen and oxygen atoms in total. The summed E-state index contributed by atoms with van der Waals surface area (Å²) in [5, 5.41) is 11.5. The molecule has 67 heavy (non-hydrogen) atoms. The molecule has 0 saturated heterocycles. The summed E-state index contributed by atoms with van der Waals surface area (Å²) in [5.41, 5.74) is 11.9. The Bertz CT molecular complexity index is 3020. The number of rotatable bonds is 9. The van der Waals surface area contributed by atoms with Crippen LogP contribution in [-0.2, 0) is 50.1 Å². The zero-order valence-corrected chi connectivity index (χ0v) is 37.6. The van der Waals surface area contributed by atoms with E-state index in [1.165, 1.54) is 14.2 Å². The van der Waals surface area contributed by atoms with E-state index in [0.29, 0.717) is 33.5 Å². The van der Waals surface area contributed by atoms with Crippen molar-refractivity contribution in [1.82, 2.24) is 19.5 Å². The molecule has 333 valence electrons. The zero-order valence-electron chi connectivity index (χ0n) is 36.6. The topological polar surface area (TPSA) is 153 Å². The van der Waals surface area contributed by atoms with Gasteiger partial charge in [0, 0.05) is 11.1 Å². The van der Waals surface area contributed by atoms with E-state index in [9.17, 15) is 19.5 Å². The maximum atomic E-state index is 13.9. The summed E-state index contributed by atoms with van der Waals surface area (Å²) in [6.07, 6.45) is 9.71. The van der Waals surface area contributed by atoms with Gasteiger partial charge in [-0.1, -0.05) is 133 Å². The van der Waals surface area contributed by atoms with Crippen molar-refractivity contribution in [3.05, 3.63) is 181 Å². The summed E-state index contributed by atoms with van der Waals surface area (Å²) in [6.45, 7) is 0. The molecule has 0 atom stereocenters. The quantitative estimate of drug-likeness (QED) is 0.0367. The summed E-state index contributed by atoms with van der Waals surface area (Å²) < 4.78 is 20.6. The number of ether oxygens (including phenoxy) is 4. The first-order valence-electron chi connectivity index (χ1n) is 20.6. The van der Waals surface area contributed by atoms with Crippen molar-refractivity contribution in [2.45, 2.75) is 0 Å². The van der Waals surface area contributed by atoms with Gasteiger partial charge in [0.15, 0.2) is 11.9 Å². The number of esters is 3. The third-order valence-corrected chi connectivity index (χ3v) is 10.7. The fourth-order valence-corrected chi connectivity index (χ4v) is 7.77. The van der Waals surface area contributed by atoms with Gasteiger partial charge in [0.25, 0.3) is 0 Å². The molecule has 1 radical (unpaired) electrons. The molecule has 0 fully saturated rings. The molecule has 3 aromatic heterocycles. The monoisotopic (exact) mass is 934 g/mol. The Balaban J connectivity index is 0.000000606. The van der Waals surface area contributed by atoms with Crippen molar-refractivity contribution in [2.75, 3.05) is 28.4 Å². The maximum absolute atomic E-state index is 13.9. The molecule has 5 heterocycles. The van der Waals surface area contributed by atoms with Crippen LogP contribution in [0.15, 0.2) is 152 Å². The Kier molecular flexibility index (Phi) is 14.7. The molecule has 0 unspecified atom stereocenters. The van der Waals surface area contributed by atoms with Crippen molar-refractivity contribution in [3.8, 4) is 44.5 Å². The third kappa shape index (κ3) is 9.69. The average molecular weight is 935 g/mol.